The lowest BCUT2D eigenvalue weighted by Crippen LogP contribution is -2.38. The van der Waals surface area contributed by atoms with E-state index >= 15 is 0 Å². The summed E-state index contributed by atoms with van der Waals surface area (Å²) in [5.41, 5.74) is 3.29. The van der Waals surface area contributed by atoms with Crippen LogP contribution >= 0.6 is 0 Å². The third-order valence-electron chi connectivity index (χ3n) is 4.82. The highest BCUT2D eigenvalue weighted by molar-refractivity contribution is 6.03. The Balaban J connectivity index is 2.01. The number of nitrogens with one attached hydrogen (secondary N) is 1. The van der Waals surface area contributed by atoms with Crippen LogP contribution in [0.2, 0.25) is 0 Å². The Kier molecular flexibility index (Phi) is 6.80. The minimum absolute atomic E-state index is 0.0659. The monoisotopic (exact) mass is 372 g/mol. The molecule has 0 spiro atoms. The van der Waals surface area contributed by atoms with Gasteiger partial charge in [-0.15, -0.1) is 0 Å². The van der Waals surface area contributed by atoms with Gasteiger partial charge in [-0.3, -0.25) is 9.69 Å². The van der Waals surface area contributed by atoms with Crippen molar-refractivity contribution in [3.63, 3.8) is 0 Å². The quantitative estimate of drug-likeness (QED) is 0.569. The number of nitrogens with zero attached hydrogens (tertiary/aromatic N) is 1. The van der Waals surface area contributed by atoms with Gasteiger partial charge in [0.15, 0.2) is 5.78 Å². The first-order valence-corrected chi connectivity index (χ1v) is 8.97. The number of hydrogen-bond acceptors (Lipinski definition) is 5. The molecule has 0 aliphatic rings. The molecule has 6 heteroatoms. The van der Waals surface area contributed by atoms with Gasteiger partial charge in [-0.2, -0.15) is 0 Å². The molecule has 0 fully saturated rings. The molecule has 1 aromatic heterocycles. The van der Waals surface area contributed by atoms with Crippen molar-refractivity contribution in [3.05, 3.63) is 52.3 Å². The Morgan fingerprint density at radius 1 is 1.22 bits per heavy atom. The van der Waals surface area contributed by atoms with Gasteiger partial charge in [-0.05, 0) is 58.0 Å². The second-order valence-electron chi connectivity index (χ2n) is 6.80. The summed E-state index contributed by atoms with van der Waals surface area (Å²) in [6.07, 6.45) is 0. The van der Waals surface area contributed by atoms with E-state index < -0.39 is 5.97 Å². The maximum absolute atomic E-state index is 12.9. The highest BCUT2D eigenvalue weighted by Gasteiger charge is 2.27. The summed E-state index contributed by atoms with van der Waals surface area (Å²) in [6.45, 7) is 8.47. The van der Waals surface area contributed by atoms with Crippen molar-refractivity contribution in [3.8, 4) is 5.75 Å². The van der Waals surface area contributed by atoms with Crippen molar-refractivity contribution in [1.29, 1.82) is 0 Å². The number of H-pyrrole nitrogens is 1. The molecule has 0 radical (unpaired) electrons. The van der Waals surface area contributed by atoms with E-state index in [-0.39, 0.29) is 11.8 Å². The second kappa shape index (κ2) is 8.86. The van der Waals surface area contributed by atoms with Crippen molar-refractivity contribution in [2.45, 2.75) is 33.7 Å². The molecule has 0 aliphatic heterocycles. The number of esters is 1. The van der Waals surface area contributed by atoms with Gasteiger partial charge in [0.2, 0.25) is 0 Å². The van der Waals surface area contributed by atoms with Crippen molar-refractivity contribution in [2.75, 3.05) is 27.3 Å². The molecule has 1 atom stereocenters. The van der Waals surface area contributed by atoms with Crippen molar-refractivity contribution in [2.24, 2.45) is 0 Å². The molecule has 2 rings (SSSR count). The zero-order valence-corrected chi connectivity index (χ0v) is 16.9. The van der Waals surface area contributed by atoms with Crippen LogP contribution < -0.4 is 4.74 Å². The third-order valence-corrected chi connectivity index (χ3v) is 4.82. The van der Waals surface area contributed by atoms with Gasteiger partial charge < -0.3 is 14.5 Å². The van der Waals surface area contributed by atoms with Gasteiger partial charge in [-0.25, -0.2) is 4.79 Å². The Morgan fingerprint density at radius 3 is 2.56 bits per heavy atom. The number of benzene rings is 1. The summed E-state index contributed by atoms with van der Waals surface area (Å²) < 4.78 is 10.6. The summed E-state index contributed by atoms with van der Waals surface area (Å²) in [5, 5.41) is 0. The molecule has 0 bridgehead atoms. The van der Waals surface area contributed by atoms with E-state index in [1.807, 2.05) is 50.1 Å². The molecule has 1 unspecified atom stereocenters. The number of rotatable bonds is 8. The van der Waals surface area contributed by atoms with Crippen LogP contribution in [0, 0.1) is 20.8 Å². The van der Waals surface area contributed by atoms with Crippen LogP contribution in [0.1, 0.15) is 44.6 Å². The topological polar surface area (TPSA) is 71.6 Å². The molecule has 6 nitrogen and oxygen atoms in total. The molecule has 2 aromatic rings. The smallest absolute Gasteiger partial charge is 0.339 e. The number of Topliss-reactive ketones (excluding diaryl/α,β-unsaturated/α-hetero) is 1. The molecule has 27 heavy (non-hydrogen) atoms. The number of aryl methyl sites for hydroxylation is 2. The van der Waals surface area contributed by atoms with Gasteiger partial charge >= 0.3 is 5.97 Å². The van der Waals surface area contributed by atoms with Crippen molar-refractivity contribution in [1.82, 2.24) is 9.88 Å². The maximum atomic E-state index is 12.9. The van der Waals surface area contributed by atoms with Crippen molar-refractivity contribution >= 4 is 11.8 Å². The van der Waals surface area contributed by atoms with E-state index in [2.05, 4.69) is 4.98 Å². The molecule has 0 aliphatic carbocycles. The predicted octanol–water partition coefficient (Wildman–Crippen LogP) is 3.31. The first-order chi connectivity index (χ1) is 12.8. The number of carbonyl (C=O) groups is 2. The van der Waals surface area contributed by atoms with Crippen LogP contribution in [0.4, 0.5) is 0 Å². The van der Waals surface area contributed by atoms with Gasteiger partial charge in [-0.1, -0.05) is 12.1 Å². The van der Waals surface area contributed by atoms with Gasteiger partial charge in [0.1, 0.15) is 12.4 Å². The number of carbonyl (C=O) groups excluding carboxylic acids is 2. The van der Waals surface area contributed by atoms with E-state index in [9.17, 15) is 9.59 Å². The van der Waals surface area contributed by atoms with Crippen LogP contribution in [-0.4, -0.2) is 55.0 Å². The summed E-state index contributed by atoms with van der Waals surface area (Å²) in [7, 11) is 3.22. The summed E-state index contributed by atoms with van der Waals surface area (Å²) in [5.74, 6) is 0.317. The molecular weight excluding hydrogens is 344 g/mol. The van der Waals surface area contributed by atoms with E-state index in [1.54, 1.807) is 13.8 Å². The fourth-order valence-corrected chi connectivity index (χ4v) is 3.02. The van der Waals surface area contributed by atoms with Crippen LogP contribution in [0.5, 0.6) is 5.75 Å². The summed E-state index contributed by atoms with van der Waals surface area (Å²) in [6, 6.07) is 7.52. The first kappa shape index (κ1) is 20.7. The highest BCUT2D eigenvalue weighted by atomic mass is 16.5. The molecule has 0 amide bonds. The molecule has 1 aromatic carbocycles. The minimum Gasteiger partial charge on any atom is -0.492 e. The van der Waals surface area contributed by atoms with E-state index in [4.69, 9.17) is 9.47 Å². The van der Waals surface area contributed by atoms with Crippen LogP contribution in [-0.2, 0) is 4.74 Å². The van der Waals surface area contributed by atoms with Gasteiger partial charge in [0.05, 0.1) is 24.4 Å². The third kappa shape index (κ3) is 4.77. The largest absolute Gasteiger partial charge is 0.492 e. The van der Waals surface area contributed by atoms with Crippen molar-refractivity contribution < 1.29 is 19.1 Å². The zero-order chi connectivity index (χ0) is 20.1. The standard InChI is InChI=1S/C21H28N2O4/c1-13-8-7-9-17(12-13)27-11-10-23(5)16(4)20(24)19-14(2)18(15(3)22-19)21(25)26-6/h7-9,12,16,22H,10-11H2,1-6H3. The number of aromatic amines is 1. The lowest BCUT2D eigenvalue weighted by molar-refractivity contribution is 0.0599. The fourth-order valence-electron chi connectivity index (χ4n) is 3.02. The van der Waals surface area contributed by atoms with Gasteiger partial charge in [0, 0.05) is 12.2 Å². The molecule has 0 saturated heterocycles. The molecule has 1 heterocycles. The normalized spacial score (nSPS) is 12.1. The minimum atomic E-state index is -0.437. The maximum Gasteiger partial charge on any atom is 0.339 e. The molecule has 0 saturated carbocycles. The average molecular weight is 372 g/mol. The summed E-state index contributed by atoms with van der Waals surface area (Å²) >= 11 is 0. The number of hydrogen-bond donors (Lipinski definition) is 1. The van der Waals surface area contributed by atoms with Crippen LogP contribution in [0.15, 0.2) is 24.3 Å². The number of ketones is 1. The summed E-state index contributed by atoms with van der Waals surface area (Å²) in [4.78, 5) is 29.8. The molecular formula is C21H28N2O4. The highest BCUT2D eigenvalue weighted by Crippen LogP contribution is 2.21. The van der Waals surface area contributed by atoms with E-state index in [1.165, 1.54) is 7.11 Å². The molecule has 1 N–H and O–H groups in total. The zero-order valence-electron chi connectivity index (χ0n) is 16.9. The first-order valence-electron chi connectivity index (χ1n) is 8.97. The Morgan fingerprint density at radius 2 is 1.93 bits per heavy atom. The van der Waals surface area contributed by atoms with E-state index in [0.29, 0.717) is 35.7 Å². The Labute approximate surface area is 160 Å². The Hall–Kier alpha value is -2.60. The fraction of sp³-hybridized carbons (Fsp3) is 0.429. The second-order valence-corrected chi connectivity index (χ2v) is 6.80. The van der Waals surface area contributed by atoms with E-state index in [0.717, 1.165) is 11.3 Å². The van der Waals surface area contributed by atoms with Gasteiger partial charge in [0.25, 0.3) is 0 Å². The molecule has 146 valence electrons. The lowest BCUT2D eigenvalue weighted by atomic mass is 10.0. The SMILES string of the molecule is COC(=O)c1c(C)[nH]c(C(=O)C(C)N(C)CCOc2cccc(C)c2)c1C. The lowest BCUT2D eigenvalue weighted by Gasteiger charge is -2.23. The number of ether oxygens (including phenoxy) is 2. The van der Waals surface area contributed by atoms with Crippen LogP contribution in [0.25, 0.3) is 0 Å². The number of methoxy groups -OCH3 is 1. The Bertz CT molecular complexity index is 826. The number of likely N-dealkylation sites (N-methyl/N-ethyl adjacent to an activating group) is 1. The van der Waals surface area contributed by atoms with Crippen LogP contribution in [0.3, 0.4) is 0 Å². The number of aromatic nitrogens is 1. The average Bonchev–Trinajstić information content (AvgIpc) is 2.94. The predicted molar refractivity (Wildman–Crippen MR) is 105 cm³/mol.